The molecule has 0 unspecified atom stereocenters. The van der Waals surface area contributed by atoms with Gasteiger partial charge in [-0.2, -0.15) is 18.2 Å². The van der Waals surface area contributed by atoms with Crippen molar-refractivity contribution in [3.63, 3.8) is 0 Å². The highest BCUT2D eigenvalue weighted by atomic mass is 19.4. The molecular formula is C21H25F3N4O. The van der Waals surface area contributed by atoms with Crippen molar-refractivity contribution in [1.82, 2.24) is 9.97 Å². The fourth-order valence-electron chi connectivity index (χ4n) is 3.77. The maximum absolute atomic E-state index is 13.3. The van der Waals surface area contributed by atoms with Gasteiger partial charge in [-0.15, -0.1) is 0 Å². The van der Waals surface area contributed by atoms with Crippen LogP contribution in [0.2, 0.25) is 0 Å². The molecule has 0 radical (unpaired) electrons. The summed E-state index contributed by atoms with van der Waals surface area (Å²) in [4.78, 5) is 9.17. The first kappa shape index (κ1) is 19.8. The molecule has 1 aromatic heterocycles. The molecule has 0 bridgehead atoms. The Bertz CT molecular complexity index is 861. The average molecular weight is 406 g/mol. The highest BCUT2D eigenvalue weighted by molar-refractivity contribution is 5.61. The van der Waals surface area contributed by atoms with Gasteiger partial charge in [-0.25, -0.2) is 4.98 Å². The number of ether oxygens (including phenoxy) is 1. The smallest absolute Gasteiger partial charge is 0.420 e. The van der Waals surface area contributed by atoms with Crippen LogP contribution < -0.4 is 15.4 Å². The molecule has 1 aromatic carbocycles. The van der Waals surface area contributed by atoms with E-state index in [1.165, 1.54) is 32.4 Å². The molecule has 2 saturated carbocycles. The molecule has 0 amide bonds. The summed E-state index contributed by atoms with van der Waals surface area (Å²) >= 11 is 0. The Morgan fingerprint density at radius 1 is 1.00 bits per heavy atom. The maximum atomic E-state index is 13.3. The van der Waals surface area contributed by atoms with Crippen molar-refractivity contribution in [2.75, 3.05) is 17.7 Å². The third-order valence-corrected chi connectivity index (χ3v) is 5.46. The number of rotatable bonds is 6. The Balaban J connectivity index is 1.59. The van der Waals surface area contributed by atoms with E-state index in [0.717, 1.165) is 37.4 Å². The van der Waals surface area contributed by atoms with E-state index >= 15 is 0 Å². The standard InChI is InChI=1S/C21H25F3N4O/c1-29-18-10-9-15(11-16(18)21(22,23)24)25-19-12-17(13-7-8-13)27-20(28-19)26-14-5-3-2-4-6-14/h9-14H,2-8H2,1H3,(H2,25,26,27,28). The molecule has 8 heteroatoms. The lowest BCUT2D eigenvalue weighted by Crippen LogP contribution is -2.23. The molecule has 2 aliphatic carbocycles. The zero-order valence-electron chi connectivity index (χ0n) is 16.4. The van der Waals surface area contributed by atoms with Gasteiger partial charge >= 0.3 is 6.18 Å². The van der Waals surface area contributed by atoms with Crippen molar-refractivity contribution < 1.29 is 17.9 Å². The minimum absolute atomic E-state index is 0.205. The molecule has 4 rings (SSSR count). The fraction of sp³-hybridized carbons (Fsp3) is 0.524. The van der Waals surface area contributed by atoms with Crippen LogP contribution in [0.15, 0.2) is 24.3 Å². The zero-order valence-corrected chi connectivity index (χ0v) is 16.4. The van der Waals surface area contributed by atoms with Gasteiger partial charge in [-0.05, 0) is 43.9 Å². The van der Waals surface area contributed by atoms with E-state index in [4.69, 9.17) is 4.74 Å². The topological polar surface area (TPSA) is 59.1 Å². The normalized spacial score (nSPS) is 17.8. The van der Waals surface area contributed by atoms with Crippen LogP contribution in [0.4, 0.5) is 30.6 Å². The lowest BCUT2D eigenvalue weighted by Gasteiger charge is -2.23. The second kappa shape index (κ2) is 8.08. The van der Waals surface area contributed by atoms with Crippen LogP contribution >= 0.6 is 0 Å². The van der Waals surface area contributed by atoms with E-state index < -0.39 is 11.7 Å². The summed E-state index contributed by atoms with van der Waals surface area (Å²) in [7, 11) is 1.23. The molecule has 2 aromatic rings. The van der Waals surface area contributed by atoms with Gasteiger partial charge in [0, 0.05) is 23.7 Å². The molecule has 0 aliphatic heterocycles. The van der Waals surface area contributed by atoms with E-state index in [2.05, 4.69) is 20.6 Å². The molecule has 1 heterocycles. The Hall–Kier alpha value is -2.51. The van der Waals surface area contributed by atoms with Crippen molar-refractivity contribution >= 4 is 17.5 Å². The highest BCUT2D eigenvalue weighted by Gasteiger charge is 2.34. The van der Waals surface area contributed by atoms with Crippen molar-refractivity contribution in [2.45, 2.75) is 63.1 Å². The number of nitrogens with zero attached hydrogens (tertiary/aromatic N) is 2. The zero-order chi connectivity index (χ0) is 20.4. The van der Waals surface area contributed by atoms with Crippen LogP contribution in [0.25, 0.3) is 0 Å². The maximum Gasteiger partial charge on any atom is 0.420 e. The van der Waals surface area contributed by atoms with Crippen molar-refractivity contribution in [2.24, 2.45) is 0 Å². The quantitative estimate of drug-likeness (QED) is 0.628. The fourth-order valence-corrected chi connectivity index (χ4v) is 3.77. The third kappa shape index (κ3) is 4.92. The summed E-state index contributed by atoms with van der Waals surface area (Å²) in [6.45, 7) is 0. The van der Waals surface area contributed by atoms with Gasteiger partial charge in [0.05, 0.1) is 18.4 Å². The van der Waals surface area contributed by atoms with Gasteiger partial charge in [0.25, 0.3) is 0 Å². The van der Waals surface area contributed by atoms with Gasteiger partial charge in [-0.1, -0.05) is 19.3 Å². The number of hydrogen-bond acceptors (Lipinski definition) is 5. The van der Waals surface area contributed by atoms with Gasteiger partial charge in [0.2, 0.25) is 5.95 Å². The summed E-state index contributed by atoms with van der Waals surface area (Å²) in [5.41, 5.74) is 0.426. The van der Waals surface area contributed by atoms with Crippen molar-refractivity contribution in [3.8, 4) is 5.75 Å². The summed E-state index contributed by atoms with van der Waals surface area (Å²) in [5, 5.41) is 6.44. The highest BCUT2D eigenvalue weighted by Crippen LogP contribution is 2.41. The molecule has 156 valence electrons. The van der Waals surface area contributed by atoms with Crippen LogP contribution in [0.3, 0.4) is 0 Å². The Labute approximate surface area is 168 Å². The number of hydrogen-bond donors (Lipinski definition) is 2. The molecule has 29 heavy (non-hydrogen) atoms. The molecule has 2 fully saturated rings. The van der Waals surface area contributed by atoms with Gasteiger partial charge in [0.15, 0.2) is 0 Å². The summed E-state index contributed by atoms with van der Waals surface area (Å²) in [6, 6.07) is 6.10. The van der Waals surface area contributed by atoms with Crippen LogP contribution in [0, 0.1) is 0 Å². The SMILES string of the molecule is COc1ccc(Nc2cc(C3CC3)nc(NC3CCCCC3)n2)cc1C(F)(F)F. The van der Waals surface area contributed by atoms with E-state index in [-0.39, 0.29) is 5.75 Å². The van der Waals surface area contributed by atoms with Crippen LogP contribution in [-0.2, 0) is 6.18 Å². The number of alkyl halides is 3. The number of aromatic nitrogens is 2. The molecular weight excluding hydrogens is 381 g/mol. The van der Waals surface area contributed by atoms with E-state index in [0.29, 0.717) is 29.4 Å². The second-order valence-electron chi connectivity index (χ2n) is 7.79. The Morgan fingerprint density at radius 2 is 1.76 bits per heavy atom. The third-order valence-electron chi connectivity index (χ3n) is 5.46. The number of methoxy groups -OCH3 is 1. The minimum Gasteiger partial charge on any atom is -0.496 e. The summed E-state index contributed by atoms with van der Waals surface area (Å²) in [5.74, 6) is 1.25. The molecule has 5 nitrogen and oxygen atoms in total. The first-order chi connectivity index (χ1) is 13.9. The second-order valence-corrected chi connectivity index (χ2v) is 7.79. The predicted molar refractivity (Wildman–Crippen MR) is 106 cm³/mol. The van der Waals surface area contributed by atoms with E-state index in [1.54, 1.807) is 6.07 Å². The number of halogens is 3. The molecule has 0 saturated heterocycles. The number of nitrogens with one attached hydrogen (secondary N) is 2. The van der Waals surface area contributed by atoms with Crippen LogP contribution in [0.5, 0.6) is 5.75 Å². The van der Waals surface area contributed by atoms with E-state index in [1.807, 2.05) is 6.07 Å². The van der Waals surface area contributed by atoms with Crippen LogP contribution in [0.1, 0.15) is 62.1 Å². The lowest BCUT2D eigenvalue weighted by atomic mass is 9.96. The average Bonchev–Trinajstić information content (AvgIpc) is 3.53. The molecule has 0 spiro atoms. The van der Waals surface area contributed by atoms with Gasteiger partial charge in [-0.3, -0.25) is 0 Å². The van der Waals surface area contributed by atoms with Gasteiger partial charge < -0.3 is 15.4 Å². The molecule has 2 aliphatic rings. The summed E-state index contributed by atoms with van der Waals surface area (Å²) < 4.78 is 44.8. The molecule has 2 N–H and O–H groups in total. The lowest BCUT2D eigenvalue weighted by molar-refractivity contribution is -0.138. The predicted octanol–water partition coefficient (Wildman–Crippen LogP) is 5.87. The van der Waals surface area contributed by atoms with Crippen molar-refractivity contribution in [1.29, 1.82) is 0 Å². The monoisotopic (exact) mass is 406 g/mol. The number of anilines is 3. The largest absolute Gasteiger partial charge is 0.496 e. The van der Waals surface area contributed by atoms with Gasteiger partial charge in [0.1, 0.15) is 11.6 Å². The first-order valence-electron chi connectivity index (χ1n) is 10.1. The summed E-state index contributed by atoms with van der Waals surface area (Å²) in [6.07, 6.45) is 3.49. The van der Waals surface area contributed by atoms with Crippen molar-refractivity contribution in [3.05, 3.63) is 35.5 Å². The minimum atomic E-state index is -4.50. The van der Waals surface area contributed by atoms with Crippen LogP contribution in [-0.4, -0.2) is 23.1 Å². The molecule has 0 atom stereocenters. The first-order valence-corrected chi connectivity index (χ1v) is 10.1. The number of benzene rings is 1. The van der Waals surface area contributed by atoms with E-state index in [9.17, 15) is 13.2 Å². The Morgan fingerprint density at radius 3 is 2.41 bits per heavy atom. The Kier molecular flexibility index (Phi) is 5.52.